The predicted octanol–water partition coefficient (Wildman–Crippen LogP) is 1.66. The summed E-state index contributed by atoms with van der Waals surface area (Å²) >= 11 is 1.40. The van der Waals surface area contributed by atoms with E-state index in [1.165, 1.54) is 16.7 Å². The van der Waals surface area contributed by atoms with Crippen molar-refractivity contribution < 1.29 is 33.8 Å². The van der Waals surface area contributed by atoms with Gasteiger partial charge in [-0.05, 0) is 58.7 Å². The molecule has 2 heterocycles. The van der Waals surface area contributed by atoms with Crippen molar-refractivity contribution >= 4 is 52.1 Å². The second-order valence-corrected chi connectivity index (χ2v) is 15.1. The topological polar surface area (TPSA) is 193 Å². The number of aliphatic hydroxyl groups is 1. The van der Waals surface area contributed by atoms with Gasteiger partial charge in [-0.1, -0.05) is 42.5 Å². The number of ether oxygens (including phenoxy) is 1. The molecule has 49 heavy (non-hydrogen) atoms. The van der Waals surface area contributed by atoms with Crippen LogP contribution in [0.2, 0.25) is 0 Å². The standard InChI is InChI=1S/C35H44N6O7S/c1-34(2,3)40-32(46)30-35(4,5)49-20-41(30)33(47)29(44)24(16-21-10-7-6-8-11-21)39-31(45)25(17-27(36)42)38-28(43)19-48-26-13-9-12-22-18-37-15-14-23(22)26/h6-15,18,24-25,29-30,44H,16-17,19-20H2,1-5H3,(H2,36,42)(H,38,43)(H,39,45)(H,40,46)/t24-,25-,29-,30+/m0/s1. The van der Waals surface area contributed by atoms with E-state index in [2.05, 4.69) is 20.9 Å². The smallest absolute Gasteiger partial charge is 0.258 e. The minimum absolute atomic E-state index is 0.0268. The number of rotatable bonds is 13. The van der Waals surface area contributed by atoms with Crippen molar-refractivity contribution in [2.45, 2.75) is 82.0 Å². The zero-order valence-electron chi connectivity index (χ0n) is 28.3. The molecule has 1 fully saturated rings. The molecular formula is C35H44N6O7S. The maximum atomic E-state index is 13.9. The lowest BCUT2D eigenvalue weighted by atomic mass is 9.96. The zero-order valence-corrected chi connectivity index (χ0v) is 29.1. The van der Waals surface area contributed by atoms with Gasteiger partial charge in [0.25, 0.3) is 11.8 Å². The number of amides is 5. The number of aromatic nitrogens is 1. The molecule has 6 N–H and O–H groups in total. The molecule has 4 atom stereocenters. The predicted molar refractivity (Wildman–Crippen MR) is 186 cm³/mol. The maximum absolute atomic E-state index is 13.9. The third-order valence-electron chi connectivity index (χ3n) is 7.89. The van der Waals surface area contributed by atoms with E-state index in [1.807, 2.05) is 40.7 Å². The van der Waals surface area contributed by atoms with Crippen LogP contribution in [0.3, 0.4) is 0 Å². The number of carbonyl (C=O) groups excluding carboxylic acids is 5. The van der Waals surface area contributed by atoms with Crippen LogP contribution in [0.25, 0.3) is 10.8 Å². The molecule has 1 saturated heterocycles. The van der Waals surface area contributed by atoms with Gasteiger partial charge in [0, 0.05) is 33.5 Å². The van der Waals surface area contributed by atoms with E-state index in [9.17, 15) is 29.1 Å². The van der Waals surface area contributed by atoms with E-state index in [1.54, 1.807) is 60.9 Å². The number of hydrogen-bond acceptors (Lipinski definition) is 9. The van der Waals surface area contributed by atoms with Crippen LogP contribution in [0, 0.1) is 0 Å². The fourth-order valence-electron chi connectivity index (χ4n) is 5.59. The van der Waals surface area contributed by atoms with Gasteiger partial charge in [-0.3, -0.25) is 29.0 Å². The quantitative estimate of drug-likeness (QED) is 0.177. The molecule has 5 amide bonds. The highest BCUT2D eigenvalue weighted by Crippen LogP contribution is 2.40. The number of primary amides is 1. The summed E-state index contributed by atoms with van der Waals surface area (Å²) in [4.78, 5) is 71.3. The minimum Gasteiger partial charge on any atom is -0.483 e. The number of hydrogen-bond donors (Lipinski definition) is 5. The third kappa shape index (κ3) is 9.92. The normalized spacial score (nSPS) is 17.4. The molecule has 4 rings (SSSR count). The second-order valence-electron chi connectivity index (χ2n) is 13.5. The van der Waals surface area contributed by atoms with E-state index >= 15 is 0 Å². The molecule has 0 aliphatic carbocycles. The van der Waals surface area contributed by atoms with Crippen LogP contribution < -0.4 is 26.4 Å². The molecule has 13 nitrogen and oxygen atoms in total. The third-order valence-corrected chi connectivity index (χ3v) is 9.27. The maximum Gasteiger partial charge on any atom is 0.258 e. The van der Waals surface area contributed by atoms with Gasteiger partial charge >= 0.3 is 0 Å². The molecule has 3 aromatic rings. The fourth-order valence-corrected chi connectivity index (χ4v) is 6.73. The number of fused-ring (bicyclic) bond motifs is 1. The van der Waals surface area contributed by atoms with Crippen LogP contribution in [0.15, 0.2) is 67.0 Å². The SMILES string of the molecule is CC(C)(C)NC(=O)[C@H]1N(C(=O)[C@@H](O)[C@H](Cc2ccccc2)NC(=O)[C@H](CC(N)=O)NC(=O)COc2cccc3cnccc23)CSC1(C)C. The van der Waals surface area contributed by atoms with Gasteiger partial charge in [0.15, 0.2) is 12.7 Å². The van der Waals surface area contributed by atoms with Gasteiger partial charge in [0.1, 0.15) is 17.8 Å². The molecule has 2 aromatic carbocycles. The molecule has 1 aliphatic heterocycles. The molecule has 14 heteroatoms. The van der Waals surface area contributed by atoms with Gasteiger partial charge < -0.3 is 36.4 Å². The van der Waals surface area contributed by atoms with Gasteiger partial charge in [-0.15, -0.1) is 11.8 Å². The average Bonchev–Trinajstić information content (AvgIpc) is 3.36. The first-order chi connectivity index (χ1) is 23.1. The minimum atomic E-state index is -1.78. The number of nitrogens with zero attached hydrogens (tertiary/aromatic N) is 2. The van der Waals surface area contributed by atoms with Crippen molar-refractivity contribution in [2.75, 3.05) is 12.5 Å². The zero-order chi connectivity index (χ0) is 35.9. The van der Waals surface area contributed by atoms with Gasteiger partial charge in [0.05, 0.1) is 18.3 Å². The lowest BCUT2D eigenvalue weighted by Gasteiger charge is -2.35. The fraction of sp³-hybridized carbons (Fsp3) is 0.429. The van der Waals surface area contributed by atoms with Crippen molar-refractivity contribution in [1.82, 2.24) is 25.8 Å². The summed E-state index contributed by atoms with van der Waals surface area (Å²) in [5.41, 5.74) is 5.57. The Morgan fingerprint density at radius 3 is 2.45 bits per heavy atom. The number of nitrogens with two attached hydrogens (primary N) is 1. The summed E-state index contributed by atoms with van der Waals surface area (Å²) in [6, 6.07) is 12.4. The molecular weight excluding hydrogens is 648 g/mol. The molecule has 0 bridgehead atoms. The van der Waals surface area contributed by atoms with Crippen molar-refractivity contribution in [3.63, 3.8) is 0 Å². The lowest BCUT2D eigenvalue weighted by molar-refractivity contribution is -0.148. The van der Waals surface area contributed by atoms with Crippen molar-refractivity contribution in [2.24, 2.45) is 5.73 Å². The molecule has 0 spiro atoms. The Morgan fingerprint density at radius 1 is 1.06 bits per heavy atom. The first kappa shape index (κ1) is 37.1. The van der Waals surface area contributed by atoms with E-state index in [0.29, 0.717) is 11.3 Å². The van der Waals surface area contributed by atoms with E-state index in [-0.39, 0.29) is 18.2 Å². The highest BCUT2D eigenvalue weighted by atomic mass is 32.2. The Labute approximate surface area is 289 Å². The number of pyridine rings is 1. The molecule has 0 saturated carbocycles. The summed E-state index contributed by atoms with van der Waals surface area (Å²) in [5, 5.41) is 21.2. The van der Waals surface area contributed by atoms with E-state index in [0.717, 1.165) is 10.8 Å². The summed E-state index contributed by atoms with van der Waals surface area (Å²) in [5.74, 6) is -2.94. The van der Waals surface area contributed by atoms with Crippen LogP contribution in [0.4, 0.5) is 0 Å². The van der Waals surface area contributed by atoms with Crippen LogP contribution in [0.5, 0.6) is 5.75 Å². The van der Waals surface area contributed by atoms with E-state index < -0.39 is 71.2 Å². The Kier molecular flexibility index (Phi) is 11.9. The lowest BCUT2D eigenvalue weighted by Crippen LogP contribution is -2.61. The Hall–Kier alpha value is -4.69. The van der Waals surface area contributed by atoms with Crippen molar-refractivity contribution in [3.05, 3.63) is 72.6 Å². The van der Waals surface area contributed by atoms with Crippen LogP contribution in [-0.2, 0) is 30.4 Å². The number of aliphatic hydroxyl groups excluding tert-OH is 1. The Morgan fingerprint density at radius 2 is 1.78 bits per heavy atom. The molecule has 0 radical (unpaired) electrons. The van der Waals surface area contributed by atoms with Gasteiger partial charge in [-0.25, -0.2) is 0 Å². The van der Waals surface area contributed by atoms with Crippen LogP contribution in [-0.4, -0.2) is 91.5 Å². The number of benzene rings is 2. The van der Waals surface area contributed by atoms with Gasteiger partial charge in [-0.2, -0.15) is 0 Å². The van der Waals surface area contributed by atoms with Crippen LogP contribution in [0.1, 0.15) is 46.6 Å². The summed E-state index contributed by atoms with van der Waals surface area (Å²) in [6.07, 6.45) is 0.949. The summed E-state index contributed by atoms with van der Waals surface area (Å²) in [6.45, 7) is 8.74. The Bertz CT molecular complexity index is 1670. The number of nitrogens with one attached hydrogen (secondary N) is 3. The summed E-state index contributed by atoms with van der Waals surface area (Å²) < 4.78 is 5.06. The largest absolute Gasteiger partial charge is 0.483 e. The molecule has 0 unspecified atom stereocenters. The first-order valence-corrected chi connectivity index (χ1v) is 16.9. The number of thioether (sulfide) groups is 1. The second kappa shape index (κ2) is 15.7. The summed E-state index contributed by atoms with van der Waals surface area (Å²) in [7, 11) is 0. The van der Waals surface area contributed by atoms with Crippen LogP contribution >= 0.6 is 11.8 Å². The molecule has 262 valence electrons. The molecule has 1 aliphatic rings. The molecule has 1 aromatic heterocycles. The monoisotopic (exact) mass is 692 g/mol. The first-order valence-electron chi connectivity index (χ1n) is 15.9. The van der Waals surface area contributed by atoms with E-state index in [4.69, 9.17) is 10.5 Å². The van der Waals surface area contributed by atoms with Crippen molar-refractivity contribution in [1.29, 1.82) is 0 Å². The average molecular weight is 693 g/mol. The highest BCUT2D eigenvalue weighted by Gasteiger charge is 2.50. The highest BCUT2D eigenvalue weighted by molar-refractivity contribution is 8.00. The van der Waals surface area contributed by atoms with Gasteiger partial charge in [0.2, 0.25) is 17.7 Å². The van der Waals surface area contributed by atoms with Crippen molar-refractivity contribution in [3.8, 4) is 5.75 Å². The Balaban J connectivity index is 1.52. The number of carbonyl (C=O) groups is 5.